The first-order valence-electron chi connectivity index (χ1n) is 7.10. The van der Waals surface area contributed by atoms with Crippen molar-refractivity contribution in [3.63, 3.8) is 0 Å². The quantitative estimate of drug-likeness (QED) is 0.787. The van der Waals surface area contributed by atoms with Crippen LogP contribution < -0.4 is 5.32 Å². The molecule has 4 nitrogen and oxygen atoms in total. The summed E-state index contributed by atoms with van der Waals surface area (Å²) in [6.45, 7) is 4.53. The van der Waals surface area contributed by atoms with Crippen molar-refractivity contribution in [3.8, 4) is 5.75 Å². The predicted octanol–water partition coefficient (Wildman–Crippen LogP) is 2.00. The Hall–Kier alpha value is -0.950. The molecule has 0 aliphatic carbocycles. The van der Waals surface area contributed by atoms with E-state index in [2.05, 4.69) is 5.32 Å². The number of aryl methyl sites for hydroxylation is 2. The monoisotopic (exact) mass is 336 g/mol. The Kier molecular flexibility index (Phi) is 6.55. The van der Waals surface area contributed by atoms with Gasteiger partial charge in [0.1, 0.15) is 18.4 Å². The molecule has 126 valence electrons. The second kappa shape index (κ2) is 7.55. The normalized spacial score (nSPS) is 17.9. The number of halogens is 3. The zero-order chi connectivity index (χ0) is 15.6. The molecule has 0 saturated carbocycles. The van der Waals surface area contributed by atoms with E-state index in [9.17, 15) is 13.9 Å². The van der Waals surface area contributed by atoms with Crippen molar-refractivity contribution in [1.82, 2.24) is 10.2 Å². The van der Waals surface area contributed by atoms with Crippen LogP contribution in [0.4, 0.5) is 8.78 Å². The summed E-state index contributed by atoms with van der Waals surface area (Å²) in [5.41, 5.74) is 1.72. The lowest BCUT2D eigenvalue weighted by Gasteiger charge is -2.40. The van der Waals surface area contributed by atoms with Crippen LogP contribution in [0.2, 0.25) is 0 Å². The molecule has 1 heterocycles. The molecule has 0 aromatic heterocycles. The molecule has 0 unspecified atom stereocenters. The van der Waals surface area contributed by atoms with Crippen LogP contribution in [-0.2, 0) is 0 Å². The molecular weight excluding hydrogens is 314 g/mol. The van der Waals surface area contributed by atoms with E-state index < -0.39 is 18.6 Å². The Morgan fingerprint density at radius 2 is 1.73 bits per heavy atom. The highest BCUT2D eigenvalue weighted by molar-refractivity contribution is 5.85. The number of piperazine rings is 1. The average molecular weight is 337 g/mol. The van der Waals surface area contributed by atoms with Gasteiger partial charge in [0.15, 0.2) is 0 Å². The Bertz CT molecular complexity index is 485. The number of alkyl halides is 2. The number of phenols is 1. The third-order valence-electron chi connectivity index (χ3n) is 3.98. The molecule has 3 N–H and O–H groups in total. The smallest absolute Gasteiger partial charge is 0.289 e. The van der Waals surface area contributed by atoms with Crippen molar-refractivity contribution < 1.29 is 19.0 Å². The van der Waals surface area contributed by atoms with Crippen molar-refractivity contribution in [3.05, 3.63) is 28.8 Å². The van der Waals surface area contributed by atoms with Crippen molar-refractivity contribution in [2.75, 3.05) is 32.8 Å². The van der Waals surface area contributed by atoms with Gasteiger partial charge in [-0.15, -0.1) is 12.4 Å². The van der Waals surface area contributed by atoms with Gasteiger partial charge in [-0.1, -0.05) is 0 Å². The van der Waals surface area contributed by atoms with Crippen molar-refractivity contribution >= 4 is 12.4 Å². The minimum Gasteiger partial charge on any atom is -0.508 e. The van der Waals surface area contributed by atoms with E-state index in [4.69, 9.17) is 5.11 Å². The van der Waals surface area contributed by atoms with Crippen LogP contribution in [0.15, 0.2) is 12.1 Å². The van der Waals surface area contributed by atoms with Gasteiger partial charge in [0.05, 0.1) is 0 Å². The SMILES string of the molecule is Cc1cc(O)cc(C)c1[C@@H](N1CCNCC1)C(F)(F)CO.Cl. The maximum Gasteiger partial charge on any atom is 0.289 e. The summed E-state index contributed by atoms with van der Waals surface area (Å²) >= 11 is 0. The summed E-state index contributed by atoms with van der Waals surface area (Å²) in [5, 5.41) is 21.9. The molecule has 1 aromatic rings. The van der Waals surface area contributed by atoms with E-state index >= 15 is 0 Å². The van der Waals surface area contributed by atoms with Gasteiger partial charge in [-0.2, -0.15) is 0 Å². The molecular formula is C15H23ClF2N2O2. The van der Waals surface area contributed by atoms with Gasteiger partial charge in [-0.05, 0) is 42.7 Å². The van der Waals surface area contributed by atoms with Crippen LogP contribution in [0.1, 0.15) is 22.7 Å². The van der Waals surface area contributed by atoms with E-state index in [1.54, 1.807) is 18.7 Å². The molecule has 1 aliphatic rings. The second-order valence-corrected chi connectivity index (χ2v) is 5.60. The molecule has 7 heteroatoms. The topological polar surface area (TPSA) is 55.7 Å². The molecule has 1 aromatic carbocycles. The third kappa shape index (κ3) is 3.87. The first-order chi connectivity index (χ1) is 9.86. The number of hydrogen-bond acceptors (Lipinski definition) is 4. The molecule has 1 atom stereocenters. The van der Waals surface area contributed by atoms with Crippen LogP contribution in [-0.4, -0.2) is 53.8 Å². The number of rotatable bonds is 4. The van der Waals surface area contributed by atoms with Gasteiger partial charge < -0.3 is 15.5 Å². The first-order valence-corrected chi connectivity index (χ1v) is 7.10. The largest absolute Gasteiger partial charge is 0.508 e. The number of hydrogen-bond donors (Lipinski definition) is 3. The van der Waals surface area contributed by atoms with Gasteiger partial charge in [0, 0.05) is 26.2 Å². The van der Waals surface area contributed by atoms with E-state index in [0.717, 1.165) is 0 Å². The Morgan fingerprint density at radius 3 is 2.18 bits per heavy atom. The number of nitrogens with zero attached hydrogens (tertiary/aromatic N) is 1. The zero-order valence-electron chi connectivity index (χ0n) is 12.8. The summed E-state index contributed by atoms with van der Waals surface area (Å²) < 4.78 is 28.7. The Labute approximate surface area is 135 Å². The lowest BCUT2D eigenvalue weighted by molar-refractivity contribution is -0.119. The molecule has 22 heavy (non-hydrogen) atoms. The fourth-order valence-electron chi connectivity index (χ4n) is 3.07. The van der Waals surface area contributed by atoms with Crippen LogP contribution in [0, 0.1) is 13.8 Å². The highest BCUT2D eigenvalue weighted by Gasteiger charge is 2.45. The van der Waals surface area contributed by atoms with Gasteiger partial charge in [0.2, 0.25) is 0 Å². The predicted molar refractivity (Wildman–Crippen MR) is 84.0 cm³/mol. The minimum absolute atomic E-state index is 0. The maximum absolute atomic E-state index is 14.4. The lowest BCUT2D eigenvalue weighted by Crippen LogP contribution is -2.51. The van der Waals surface area contributed by atoms with Crippen LogP contribution in [0.5, 0.6) is 5.75 Å². The van der Waals surface area contributed by atoms with E-state index in [0.29, 0.717) is 42.9 Å². The van der Waals surface area contributed by atoms with E-state index in [1.165, 1.54) is 12.1 Å². The molecule has 0 spiro atoms. The number of phenolic OH excluding ortho intramolecular Hbond substituents is 1. The highest BCUT2D eigenvalue weighted by Crippen LogP contribution is 2.40. The van der Waals surface area contributed by atoms with Gasteiger partial charge in [-0.3, -0.25) is 4.90 Å². The molecule has 1 fully saturated rings. The molecule has 0 radical (unpaired) electrons. The Morgan fingerprint density at radius 1 is 1.23 bits per heavy atom. The van der Waals surface area contributed by atoms with Crippen molar-refractivity contribution in [1.29, 1.82) is 0 Å². The van der Waals surface area contributed by atoms with Gasteiger partial charge >= 0.3 is 0 Å². The van der Waals surface area contributed by atoms with Crippen LogP contribution >= 0.6 is 12.4 Å². The second-order valence-electron chi connectivity index (χ2n) is 5.60. The summed E-state index contributed by atoms with van der Waals surface area (Å²) in [6.07, 6.45) is 0. The molecule has 2 rings (SSSR count). The number of aliphatic hydroxyl groups is 1. The number of aromatic hydroxyl groups is 1. The molecule has 0 bridgehead atoms. The maximum atomic E-state index is 14.4. The Balaban J connectivity index is 0.00000242. The molecule has 1 saturated heterocycles. The highest BCUT2D eigenvalue weighted by atomic mass is 35.5. The average Bonchev–Trinajstić information content (AvgIpc) is 2.43. The summed E-state index contributed by atoms with van der Waals surface area (Å²) in [7, 11) is 0. The summed E-state index contributed by atoms with van der Waals surface area (Å²) in [5.74, 6) is -3.16. The fraction of sp³-hybridized carbons (Fsp3) is 0.600. The minimum atomic E-state index is -3.23. The van der Waals surface area contributed by atoms with Crippen LogP contribution in [0.3, 0.4) is 0 Å². The van der Waals surface area contributed by atoms with Gasteiger partial charge in [0.25, 0.3) is 5.92 Å². The standard InChI is InChI=1S/C15H22F2N2O2.ClH/c1-10-7-12(21)8-11(2)13(10)14(15(16,17)9-20)19-5-3-18-4-6-19;/h7-8,14,18,20-21H,3-6,9H2,1-2H3;1H/t14-;/m1./s1. The van der Waals surface area contributed by atoms with E-state index in [1.807, 2.05) is 0 Å². The van der Waals surface area contributed by atoms with Crippen molar-refractivity contribution in [2.45, 2.75) is 25.8 Å². The van der Waals surface area contributed by atoms with Gasteiger partial charge in [-0.25, -0.2) is 8.78 Å². The third-order valence-corrected chi connectivity index (χ3v) is 3.98. The zero-order valence-corrected chi connectivity index (χ0v) is 13.6. The molecule has 1 aliphatic heterocycles. The van der Waals surface area contributed by atoms with Crippen LogP contribution in [0.25, 0.3) is 0 Å². The number of nitrogens with one attached hydrogen (secondary N) is 1. The lowest BCUT2D eigenvalue weighted by atomic mass is 9.90. The van der Waals surface area contributed by atoms with Crippen molar-refractivity contribution in [2.24, 2.45) is 0 Å². The fourth-order valence-corrected chi connectivity index (χ4v) is 3.07. The first kappa shape index (κ1) is 19.1. The summed E-state index contributed by atoms with van der Waals surface area (Å²) in [4.78, 5) is 1.71. The van der Waals surface area contributed by atoms with E-state index in [-0.39, 0.29) is 18.2 Å². The molecule has 0 amide bonds. The number of benzene rings is 1. The number of aliphatic hydroxyl groups excluding tert-OH is 1. The summed E-state index contributed by atoms with van der Waals surface area (Å²) in [6, 6.07) is 1.81.